The van der Waals surface area contributed by atoms with E-state index in [1.54, 1.807) is 42.0 Å². The standard InChI is InChI=1S/C16H14ClN3O2S2/c1-18-16-20(12(9-23-16)13-7-19-15(17)24-13)14(22)11(8-21)10-5-3-2-4-6-10/h2-8,11-12H,9H2,1H3/p+1. The molecule has 1 aliphatic rings. The number of rotatable bonds is 4. The first-order chi connectivity index (χ1) is 11.7. The molecule has 8 heteroatoms. The smallest absolute Gasteiger partial charge is 0.302 e. The van der Waals surface area contributed by atoms with Crippen LogP contribution in [0.4, 0.5) is 0 Å². The molecule has 1 N–H and O–H groups in total. The summed E-state index contributed by atoms with van der Waals surface area (Å²) in [5.74, 6) is -0.389. The summed E-state index contributed by atoms with van der Waals surface area (Å²) < 4.78 is 0.440. The van der Waals surface area contributed by atoms with Gasteiger partial charge in [-0.05, 0) is 17.3 Å². The first kappa shape index (κ1) is 17.1. The largest absolute Gasteiger partial charge is 0.325 e. The van der Waals surface area contributed by atoms with Crippen LogP contribution >= 0.6 is 34.7 Å². The Balaban J connectivity index is 1.96. The van der Waals surface area contributed by atoms with Crippen LogP contribution in [0.1, 0.15) is 22.4 Å². The van der Waals surface area contributed by atoms with Gasteiger partial charge in [-0.2, -0.15) is 4.90 Å². The summed E-state index contributed by atoms with van der Waals surface area (Å²) in [6, 6.07) is 8.90. The number of halogens is 1. The third kappa shape index (κ3) is 3.24. The Hall–Kier alpha value is -1.70. The number of carbonyl (C=O) groups excluding carboxylic acids is 2. The minimum Gasteiger partial charge on any atom is -0.302 e. The fourth-order valence-electron chi connectivity index (χ4n) is 2.61. The van der Waals surface area contributed by atoms with Crippen molar-refractivity contribution in [2.75, 3.05) is 12.8 Å². The van der Waals surface area contributed by atoms with E-state index >= 15 is 0 Å². The molecule has 2 atom stereocenters. The van der Waals surface area contributed by atoms with Gasteiger partial charge in [0, 0.05) is 6.20 Å². The lowest BCUT2D eigenvalue weighted by molar-refractivity contribution is -0.421. The van der Waals surface area contributed by atoms with Gasteiger partial charge in [-0.3, -0.25) is 4.99 Å². The summed E-state index contributed by atoms with van der Waals surface area (Å²) >= 11 is 8.84. The minimum atomic E-state index is -0.834. The predicted molar refractivity (Wildman–Crippen MR) is 96.3 cm³/mol. The summed E-state index contributed by atoms with van der Waals surface area (Å²) in [6.07, 6.45) is 2.39. The molecule has 1 fully saturated rings. The van der Waals surface area contributed by atoms with E-state index in [-0.39, 0.29) is 11.9 Å². The Morgan fingerprint density at radius 1 is 1.46 bits per heavy atom. The lowest BCUT2D eigenvalue weighted by atomic mass is 9.98. The van der Waals surface area contributed by atoms with Crippen molar-refractivity contribution in [1.82, 2.24) is 9.88 Å². The number of aldehydes is 1. The molecule has 24 heavy (non-hydrogen) atoms. The van der Waals surface area contributed by atoms with Crippen molar-refractivity contribution in [2.24, 2.45) is 0 Å². The quantitative estimate of drug-likeness (QED) is 0.644. The molecule has 2 heterocycles. The number of hydrogen-bond donors (Lipinski definition) is 1. The maximum absolute atomic E-state index is 13.1. The van der Waals surface area contributed by atoms with E-state index in [9.17, 15) is 9.59 Å². The van der Waals surface area contributed by atoms with Crippen LogP contribution < -0.4 is 4.99 Å². The van der Waals surface area contributed by atoms with E-state index in [0.29, 0.717) is 22.1 Å². The van der Waals surface area contributed by atoms with Crippen LogP contribution in [0.2, 0.25) is 4.47 Å². The lowest BCUT2D eigenvalue weighted by Gasteiger charge is -2.19. The van der Waals surface area contributed by atoms with E-state index in [1.807, 2.05) is 18.2 Å². The number of aromatic nitrogens is 1. The van der Waals surface area contributed by atoms with Crippen LogP contribution in [0.3, 0.4) is 0 Å². The molecule has 0 saturated carbocycles. The molecule has 2 aromatic rings. The highest BCUT2D eigenvalue weighted by molar-refractivity contribution is 8.13. The number of amidine groups is 1. The third-order valence-corrected chi connectivity index (χ3v) is 6.12. The number of nitrogens with one attached hydrogen (secondary N) is 1. The molecule has 0 spiro atoms. The molecule has 1 aromatic heterocycles. The number of benzene rings is 1. The van der Waals surface area contributed by atoms with Gasteiger partial charge in [0.25, 0.3) is 0 Å². The highest BCUT2D eigenvalue weighted by Gasteiger charge is 2.46. The molecule has 124 valence electrons. The van der Waals surface area contributed by atoms with Crippen LogP contribution in [0.25, 0.3) is 0 Å². The molecule has 1 saturated heterocycles. The number of thiazole rings is 1. The first-order valence-corrected chi connectivity index (χ1v) is 9.45. The number of hydrogen-bond acceptors (Lipinski definition) is 5. The summed E-state index contributed by atoms with van der Waals surface area (Å²) in [6.45, 7) is 0. The fraction of sp³-hybridized carbons (Fsp3) is 0.250. The van der Waals surface area contributed by atoms with Crippen LogP contribution in [0, 0.1) is 0 Å². The number of nitrogens with zero attached hydrogens (tertiary/aromatic N) is 2. The van der Waals surface area contributed by atoms with Gasteiger partial charge in [-0.25, -0.2) is 9.78 Å². The second-order valence-corrected chi connectivity index (χ2v) is 7.78. The Bertz CT molecular complexity index is 779. The fourth-order valence-corrected chi connectivity index (χ4v) is 4.90. The number of thioether (sulfide) groups is 1. The maximum Gasteiger partial charge on any atom is 0.325 e. The van der Waals surface area contributed by atoms with Crippen molar-refractivity contribution in [2.45, 2.75) is 12.0 Å². The van der Waals surface area contributed by atoms with Crippen molar-refractivity contribution in [1.29, 1.82) is 0 Å². The van der Waals surface area contributed by atoms with E-state index < -0.39 is 5.92 Å². The van der Waals surface area contributed by atoms with Crippen molar-refractivity contribution in [3.8, 4) is 0 Å². The number of amides is 1. The zero-order valence-corrected chi connectivity index (χ0v) is 15.2. The molecular weight excluding hydrogens is 366 g/mol. The van der Waals surface area contributed by atoms with Gasteiger partial charge in [-0.15, -0.1) is 11.3 Å². The maximum atomic E-state index is 13.1. The van der Waals surface area contributed by atoms with Crippen LogP contribution in [-0.2, 0) is 9.59 Å². The Kier molecular flexibility index (Phi) is 5.33. The molecule has 0 aliphatic carbocycles. The summed E-state index contributed by atoms with van der Waals surface area (Å²) in [5.41, 5.74) is 0.686. The average Bonchev–Trinajstić information content (AvgIpc) is 3.22. The predicted octanol–water partition coefficient (Wildman–Crippen LogP) is 1.46. The molecule has 5 nitrogen and oxygen atoms in total. The van der Waals surface area contributed by atoms with E-state index in [0.717, 1.165) is 10.0 Å². The highest BCUT2D eigenvalue weighted by Crippen LogP contribution is 2.38. The topological polar surface area (TPSA) is 64.2 Å². The zero-order valence-electron chi connectivity index (χ0n) is 12.8. The molecule has 3 rings (SSSR count). The monoisotopic (exact) mass is 380 g/mol. The van der Waals surface area contributed by atoms with Gasteiger partial charge in [-0.1, -0.05) is 41.9 Å². The number of carbonyl (C=O) groups is 2. The summed E-state index contributed by atoms with van der Waals surface area (Å²) in [7, 11) is 1.77. The van der Waals surface area contributed by atoms with Gasteiger partial charge in [0.2, 0.25) is 0 Å². The summed E-state index contributed by atoms with van der Waals surface area (Å²) in [4.78, 5) is 34.4. The van der Waals surface area contributed by atoms with Crippen molar-refractivity contribution >= 4 is 52.1 Å². The molecule has 2 unspecified atom stereocenters. The van der Waals surface area contributed by atoms with Gasteiger partial charge in [0.15, 0.2) is 10.5 Å². The molecular formula is C16H15ClN3O2S2+. The third-order valence-electron chi connectivity index (χ3n) is 3.74. The van der Waals surface area contributed by atoms with Crippen LogP contribution in [-0.4, -0.2) is 40.0 Å². The Morgan fingerprint density at radius 2 is 2.21 bits per heavy atom. The van der Waals surface area contributed by atoms with Gasteiger partial charge in [0.1, 0.15) is 12.2 Å². The van der Waals surface area contributed by atoms with Gasteiger partial charge in [0.05, 0.1) is 17.7 Å². The Morgan fingerprint density at radius 3 is 2.79 bits per heavy atom. The molecule has 0 radical (unpaired) electrons. The minimum absolute atomic E-state index is 0.180. The molecule has 1 amide bonds. The van der Waals surface area contributed by atoms with Crippen molar-refractivity contribution in [3.05, 3.63) is 51.4 Å². The van der Waals surface area contributed by atoms with Crippen molar-refractivity contribution in [3.63, 3.8) is 0 Å². The zero-order chi connectivity index (χ0) is 17.1. The SMILES string of the molecule is C[NH+]=C1SCC(c2cnc(Cl)s2)N1C(=O)C(C=O)c1ccccc1. The normalized spacial score (nSPS) is 20.3. The summed E-state index contributed by atoms with van der Waals surface area (Å²) in [5, 5.41) is 0.734. The average molecular weight is 381 g/mol. The first-order valence-electron chi connectivity index (χ1n) is 7.27. The lowest BCUT2D eigenvalue weighted by Crippen LogP contribution is -2.70. The van der Waals surface area contributed by atoms with Gasteiger partial charge < -0.3 is 4.79 Å². The van der Waals surface area contributed by atoms with E-state index in [1.165, 1.54) is 11.3 Å². The molecule has 1 aliphatic heterocycles. The molecule has 0 bridgehead atoms. The van der Waals surface area contributed by atoms with Crippen LogP contribution in [0.5, 0.6) is 0 Å². The van der Waals surface area contributed by atoms with E-state index in [2.05, 4.69) is 9.98 Å². The molecule has 1 aromatic carbocycles. The van der Waals surface area contributed by atoms with Gasteiger partial charge >= 0.3 is 11.1 Å². The Labute approximate surface area is 152 Å². The highest BCUT2D eigenvalue weighted by atomic mass is 35.5. The second-order valence-electron chi connectivity index (χ2n) is 5.13. The van der Waals surface area contributed by atoms with Crippen molar-refractivity contribution < 1.29 is 14.6 Å². The van der Waals surface area contributed by atoms with E-state index in [4.69, 9.17) is 11.6 Å². The second kappa shape index (κ2) is 7.46. The van der Waals surface area contributed by atoms with Crippen LogP contribution in [0.15, 0.2) is 36.5 Å².